The summed E-state index contributed by atoms with van der Waals surface area (Å²) < 4.78 is 19.0. The number of aromatic nitrogens is 1. The molecule has 2 heterocycles. The normalized spacial score (nSPS) is 15.3. The van der Waals surface area contributed by atoms with Crippen molar-refractivity contribution in [3.63, 3.8) is 0 Å². The van der Waals surface area contributed by atoms with Crippen molar-refractivity contribution in [3.8, 4) is 0 Å². The Morgan fingerprint density at radius 2 is 1.91 bits per heavy atom. The van der Waals surface area contributed by atoms with Crippen molar-refractivity contribution >= 4 is 11.6 Å². The lowest BCUT2D eigenvalue weighted by molar-refractivity contribution is 0.0736. The van der Waals surface area contributed by atoms with Crippen LogP contribution in [0.4, 0.5) is 10.1 Å². The molecule has 0 unspecified atom stereocenters. The Labute approximate surface area is 134 Å². The standard InChI is InChI=1S/C17H20FN3O2/c1-12(2)16-11-14(19-23-16)17(22)21-9-7-20(8-10-21)15-6-4-3-5-13(15)18/h3-6,11-12H,7-10H2,1-2H3. The number of carbonyl (C=O) groups is 1. The van der Waals surface area contributed by atoms with E-state index in [1.165, 1.54) is 6.07 Å². The molecule has 1 fully saturated rings. The maximum Gasteiger partial charge on any atom is 0.276 e. The zero-order valence-corrected chi connectivity index (χ0v) is 13.3. The quantitative estimate of drug-likeness (QED) is 0.873. The summed E-state index contributed by atoms with van der Waals surface area (Å²) >= 11 is 0. The topological polar surface area (TPSA) is 49.6 Å². The van der Waals surface area contributed by atoms with Gasteiger partial charge in [0, 0.05) is 38.2 Å². The highest BCUT2D eigenvalue weighted by Crippen LogP contribution is 2.21. The number of halogens is 1. The molecule has 1 aliphatic rings. The Balaban J connectivity index is 1.64. The second kappa shape index (κ2) is 6.40. The number of hydrogen-bond donors (Lipinski definition) is 0. The van der Waals surface area contributed by atoms with Crippen molar-refractivity contribution in [2.75, 3.05) is 31.1 Å². The van der Waals surface area contributed by atoms with Crippen LogP contribution in [0.2, 0.25) is 0 Å². The number of piperazine rings is 1. The fourth-order valence-corrected chi connectivity index (χ4v) is 2.68. The van der Waals surface area contributed by atoms with Gasteiger partial charge in [0.1, 0.15) is 11.6 Å². The maximum absolute atomic E-state index is 13.8. The van der Waals surface area contributed by atoms with Gasteiger partial charge in [-0.3, -0.25) is 4.79 Å². The first-order valence-electron chi connectivity index (χ1n) is 7.81. The average Bonchev–Trinajstić information content (AvgIpc) is 3.05. The van der Waals surface area contributed by atoms with Gasteiger partial charge in [-0.1, -0.05) is 31.1 Å². The molecule has 3 rings (SSSR count). The van der Waals surface area contributed by atoms with Gasteiger partial charge < -0.3 is 14.3 Å². The first-order valence-corrected chi connectivity index (χ1v) is 7.81. The van der Waals surface area contributed by atoms with Crippen molar-refractivity contribution in [1.29, 1.82) is 0 Å². The maximum atomic E-state index is 13.8. The highest BCUT2D eigenvalue weighted by Gasteiger charge is 2.25. The van der Waals surface area contributed by atoms with Crippen molar-refractivity contribution < 1.29 is 13.7 Å². The molecule has 1 amide bonds. The number of benzene rings is 1. The number of hydrogen-bond acceptors (Lipinski definition) is 4. The monoisotopic (exact) mass is 317 g/mol. The van der Waals surface area contributed by atoms with E-state index in [4.69, 9.17) is 4.52 Å². The molecule has 0 radical (unpaired) electrons. The highest BCUT2D eigenvalue weighted by atomic mass is 19.1. The summed E-state index contributed by atoms with van der Waals surface area (Å²) in [6.07, 6.45) is 0. The lowest BCUT2D eigenvalue weighted by Crippen LogP contribution is -2.49. The van der Waals surface area contributed by atoms with Crippen LogP contribution < -0.4 is 4.90 Å². The van der Waals surface area contributed by atoms with Crippen molar-refractivity contribution in [3.05, 3.63) is 47.6 Å². The Kier molecular flexibility index (Phi) is 4.32. The minimum atomic E-state index is -0.231. The molecule has 5 nitrogen and oxygen atoms in total. The Bertz CT molecular complexity index is 691. The number of rotatable bonds is 3. The fraction of sp³-hybridized carbons (Fsp3) is 0.412. The molecule has 0 N–H and O–H groups in total. The summed E-state index contributed by atoms with van der Waals surface area (Å²) in [6.45, 7) is 6.25. The van der Waals surface area contributed by atoms with Crippen LogP contribution in [0.1, 0.15) is 36.0 Å². The smallest absolute Gasteiger partial charge is 0.276 e. The zero-order chi connectivity index (χ0) is 16.4. The number of nitrogens with zero attached hydrogens (tertiary/aromatic N) is 3. The first-order chi connectivity index (χ1) is 11.1. The third kappa shape index (κ3) is 3.21. The fourth-order valence-electron chi connectivity index (χ4n) is 2.68. The molecule has 0 saturated carbocycles. The summed E-state index contributed by atoms with van der Waals surface area (Å²) in [4.78, 5) is 16.2. The minimum Gasteiger partial charge on any atom is -0.366 e. The van der Waals surface area contributed by atoms with Gasteiger partial charge in [-0.25, -0.2) is 4.39 Å². The van der Waals surface area contributed by atoms with Gasteiger partial charge >= 0.3 is 0 Å². The van der Waals surface area contributed by atoms with Crippen LogP contribution in [0.15, 0.2) is 34.9 Å². The van der Waals surface area contributed by atoms with E-state index in [1.807, 2.05) is 24.8 Å². The molecule has 0 atom stereocenters. The molecule has 1 aromatic carbocycles. The van der Waals surface area contributed by atoms with Gasteiger partial charge in [-0.15, -0.1) is 0 Å². The highest BCUT2D eigenvalue weighted by molar-refractivity contribution is 5.92. The predicted octanol–water partition coefficient (Wildman–Crippen LogP) is 2.90. The van der Waals surface area contributed by atoms with Crippen LogP contribution >= 0.6 is 0 Å². The van der Waals surface area contributed by atoms with Gasteiger partial charge in [0.15, 0.2) is 5.69 Å². The van der Waals surface area contributed by atoms with Crippen LogP contribution in [0.5, 0.6) is 0 Å². The molecular formula is C17H20FN3O2. The van der Waals surface area contributed by atoms with Gasteiger partial charge in [0.25, 0.3) is 5.91 Å². The number of carbonyl (C=O) groups excluding carboxylic acids is 1. The molecule has 0 aliphatic carbocycles. The lowest BCUT2D eigenvalue weighted by atomic mass is 10.1. The molecule has 23 heavy (non-hydrogen) atoms. The van der Waals surface area contributed by atoms with Crippen molar-refractivity contribution in [2.24, 2.45) is 0 Å². The molecule has 2 aromatic rings. The van der Waals surface area contributed by atoms with Gasteiger partial charge in [-0.05, 0) is 12.1 Å². The Morgan fingerprint density at radius 3 is 2.52 bits per heavy atom. The van der Waals surface area contributed by atoms with Crippen LogP contribution in [-0.4, -0.2) is 42.1 Å². The minimum absolute atomic E-state index is 0.131. The van der Waals surface area contributed by atoms with E-state index in [-0.39, 0.29) is 17.6 Å². The second-order valence-electron chi connectivity index (χ2n) is 6.00. The summed E-state index contributed by atoms with van der Waals surface area (Å²) in [7, 11) is 0. The van der Waals surface area contributed by atoms with Crippen molar-refractivity contribution in [1.82, 2.24) is 10.1 Å². The molecule has 6 heteroatoms. The lowest BCUT2D eigenvalue weighted by Gasteiger charge is -2.35. The molecule has 1 aromatic heterocycles. The summed E-state index contributed by atoms with van der Waals surface area (Å²) in [5.41, 5.74) is 0.927. The summed E-state index contributed by atoms with van der Waals surface area (Å²) in [5.74, 6) is 0.541. The molecule has 1 aliphatic heterocycles. The van der Waals surface area contributed by atoms with E-state index in [0.717, 1.165) is 0 Å². The molecule has 122 valence electrons. The van der Waals surface area contributed by atoms with E-state index in [9.17, 15) is 9.18 Å². The zero-order valence-electron chi connectivity index (χ0n) is 13.3. The molecule has 0 spiro atoms. The Hall–Kier alpha value is -2.37. The SMILES string of the molecule is CC(C)c1cc(C(=O)N2CCN(c3ccccc3F)CC2)no1. The first kappa shape index (κ1) is 15.5. The molecule has 1 saturated heterocycles. The van der Waals surface area contributed by atoms with E-state index in [2.05, 4.69) is 5.16 Å². The molecular weight excluding hydrogens is 297 g/mol. The summed E-state index contributed by atoms with van der Waals surface area (Å²) in [6, 6.07) is 8.42. The largest absolute Gasteiger partial charge is 0.366 e. The van der Waals surface area contributed by atoms with E-state index in [0.29, 0.717) is 43.3 Å². The van der Waals surface area contributed by atoms with Crippen molar-refractivity contribution in [2.45, 2.75) is 19.8 Å². The van der Waals surface area contributed by atoms with Gasteiger partial charge in [0.2, 0.25) is 0 Å². The van der Waals surface area contributed by atoms with Gasteiger partial charge in [0.05, 0.1) is 5.69 Å². The van der Waals surface area contributed by atoms with E-state index in [1.54, 1.807) is 23.1 Å². The van der Waals surface area contributed by atoms with Crippen LogP contribution in [-0.2, 0) is 0 Å². The van der Waals surface area contributed by atoms with Crippen LogP contribution in [0.25, 0.3) is 0 Å². The third-order valence-electron chi connectivity index (χ3n) is 4.08. The van der Waals surface area contributed by atoms with E-state index >= 15 is 0 Å². The van der Waals surface area contributed by atoms with Gasteiger partial charge in [-0.2, -0.15) is 0 Å². The number of anilines is 1. The van der Waals surface area contributed by atoms with Crippen LogP contribution in [0, 0.1) is 5.82 Å². The van der Waals surface area contributed by atoms with E-state index < -0.39 is 0 Å². The van der Waals surface area contributed by atoms with Crippen LogP contribution in [0.3, 0.4) is 0 Å². The molecule has 0 bridgehead atoms. The predicted molar refractivity (Wildman–Crippen MR) is 85.1 cm³/mol. The average molecular weight is 317 g/mol. The number of para-hydroxylation sites is 1. The summed E-state index contributed by atoms with van der Waals surface area (Å²) in [5, 5.41) is 3.86. The second-order valence-corrected chi connectivity index (χ2v) is 6.00. The Morgan fingerprint density at radius 1 is 1.22 bits per heavy atom. The number of amides is 1. The third-order valence-corrected chi connectivity index (χ3v) is 4.08.